The van der Waals surface area contributed by atoms with Crippen LogP contribution in [0.2, 0.25) is 0 Å². The van der Waals surface area contributed by atoms with E-state index < -0.39 is 0 Å². The van der Waals surface area contributed by atoms with Crippen LogP contribution in [-0.4, -0.2) is 62.1 Å². The van der Waals surface area contributed by atoms with Crippen molar-refractivity contribution in [2.75, 3.05) is 40.4 Å². The SMILES string of the molecule is COc1ccc(OC)c(C(=O)N2CCCC[C@H](N3CCCC3)C2)c1. The fourth-order valence-electron chi connectivity index (χ4n) is 3.86. The second-order valence-corrected chi connectivity index (χ2v) is 6.71. The lowest BCUT2D eigenvalue weighted by molar-refractivity contribution is 0.0710. The standard InChI is InChI=1S/C19H28N2O3/c1-23-16-8-9-18(24-2)17(13-16)19(22)21-12-4-3-7-15(14-21)20-10-5-6-11-20/h8-9,13,15H,3-7,10-12,14H2,1-2H3/t15-/m0/s1. The summed E-state index contributed by atoms with van der Waals surface area (Å²) in [4.78, 5) is 17.7. The van der Waals surface area contributed by atoms with E-state index >= 15 is 0 Å². The highest BCUT2D eigenvalue weighted by Crippen LogP contribution is 2.27. The first-order valence-corrected chi connectivity index (χ1v) is 8.98. The first kappa shape index (κ1) is 17.1. The molecule has 2 saturated heterocycles. The molecule has 0 saturated carbocycles. The zero-order valence-electron chi connectivity index (χ0n) is 14.8. The van der Waals surface area contributed by atoms with Crippen LogP contribution in [0, 0.1) is 0 Å². The first-order valence-electron chi connectivity index (χ1n) is 8.98. The van der Waals surface area contributed by atoms with Gasteiger partial charge >= 0.3 is 0 Å². The molecule has 1 aromatic carbocycles. The molecule has 24 heavy (non-hydrogen) atoms. The lowest BCUT2D eigenvalue weighted by Gasteiger charge is -2.31. The molecule has 5 heteroatoms. The fraction of sp³-hybridized carbons (Fsp3) is 0.632. The zero-order chi connectivity index (χ0) is 16.9. The van der Waals surface area contributed by atoms with Crippen LogP contribution in [0.4, 0.5) is 0 Å². The summed E-state index contributed by atoms with van der Waals surface area (Å²) in [6.45, 7) is 3.99. The molecule has 5 nitrogen and oxygen atoms in total. The summed E-state index contributed by atoms with van der Waals surface area (Å²) in [5, 5.41) is 0. The van der Waals surface area contributed by atoms with Gasteiger partial charge in [-0.15, -0.1) is 0 Å². The van der Waals surface area contributed by atoms with Crippen LogP contribution in [0.1, 0.15) is 42.5 Å². The number of amides is 1. The van der Waals surface area contributed by atoms with Crippen molar-refractivity contribution in [3.05, 3.63) is 23.8 Å². The van der Waals surface area contributed by atoms with Crippen molar-refractivity contribution in [1.82, 2.24) is 9.80 Å². The summed E-state index contributed by atoms with van der Waals surface area (Å²) >= 11 is 0. The number of rotatable bonds is 4. The van der Waals surface area contributed by atoms with Crippen molar-refractivity contribution in [2.45, 2.75) is 38.1 Å². The molecule has 0 radical (unpaired) electrons. The minimum atomic E-state index is 0.0526. The van der Waals surface area contributed by atoms with Crippen LogP contribution in [0.3, 0.4) is 0 Å². The van der Waals surface area contributed by atoms with Crippen LogP contribution in [-0.2, 0) is 0 Å². The van der Waals surface area contributed by atoms with E-state index in [1.165, 1.54) is 38.8 Å². The van der Waals surface area contributed by atoms with Crippen LogP contribution in [0.25, 0.3) is 0 Å². The topological polar surface area (TPSA) is 42.0 Å². The maximum atomic E-state index is 13.1. The Labute approximate surface area is 144 Å². The fourth-order valence-corrected chi connectivity index (χ4v) is 3.86. The Bertz CT molecular complexity index is 570. The Hall–Kier alpha value is -1.75. The van der Waals surface area contributed by atoms with Gasteiger partial charge in [-0.1, -0.05) is 6.42 Å². The number of benzene rings is 1. The van der Waals surface area contributed by atoms with Gasteiger partial charge in [-0.05, 0) is 57.0 Å². The van der Waals surface area contributed by atoms with Gasteiger partial charge in [0.05, 0.1) is 19.8 Å². The van der Waals surface area contributed by atoms with E-state index in [0.717, 1.165) is 19.5 Å². The molecular formula is C19H28N2O3. The first-order chi connectivity index (χ1) is 11.7. The highest BCUT2D eigenvalue weighted by Gasteiger charge is 2.29. The predicted molar refractivity (Wildman–Crippen MR) is 93.9 cm³/mol. The lowest BCUT2D eigenvalue weighted by Crippen LogP contribution is -2.43. The van der Waals surface area contributed by atoms with E-state index in [1.807, 2.05) is 17.0 Å². The van der Waals surface area contributed by atoms with Gasteiger partial charge in [-0.25, -0.2) is 0 Å². The summed E-state index contributed by atoms with van der Waals surface area (Å²) in [6.07, 6.45) is 6.03. The number of ether oxygens (including phenoxy) is 2. The number of likely N-dealkylation sites (tertiary alicyclic amines) is 2. The Morgan fingerprint density at radius 2 is 1.79 bits per heavy atom. The highest BCUT2D eigenvalue weighted by atomic mass is 16.5. The van der Waals surface area contributed by atoms with Gasteiger partial charge in [0.1, 0.15) is 11.5 Å². The summed E-state index contributed by atoms with van der Waals surface area (Å²) < 4.78 is 10.7. The van der Waals surface area contributed by atoms with Crippen LogP contribution in [0.5, 0.6) is 11.5 Å². The molecule has 1 aromatic rings. The Balaban J connectivity index is 1.79. The van der Waals surface area contributed by atoms with E-state index in [-0.39, 0.29) is 5.91 Å². The molecule has 0 aliphatic carbocycles. The van der Waals surface area contributed by atoms with Gasteiger partial charge in [0, 0.05) is 19.1 Å². The summed E-state index contributed by atoms with van der Waals surface area (Å²) in [5.74, 6) is 1.35. The van der Waals surface area contributed by atoms with E-state index in [9.17, 15) is 4.79 Å². The van der Waals surface area contributed by atoms with Gasteiger partial charge in [0.15, 0.2) is 0 Å². The summed E-state index contributed by atoms with van der Waals surface area (Å²) in [7, 11) is 3.22. The molecule has 0 spiro atoms. The average molecular weight is 332 g/mol. The Kier molecular flexibility index (Phi) is 5.61. The number of carbonyl (C=O) groups is 1. The highest BCUT2D eigenvalue weighted by molar-refractivity contribution is 5.97. The third-order valence-corrected chi connectivity index (χ3v) is 5.23. The van der Waals surface area contributed by atoms with Gasteiger partial charge in [0.25, 0.3) is 5.91 Å². The molecule has 2 heterocycles. The monoisotopic (exact) mass is 332 g/mol. The molecule has 1 atom stereocenters. The Morgan fingerprint density at radius 1 is 1.04 bits per heavy atom. The number of hydrogen-bond acceptors (Lipinski definition) is 4. The van der Waals surface area contributed by atoms with Gasteiger partial charge in [-0.2, -0.15) is 0 Å². The smallest absolute Gasteiger partial charge is 0.257 e. The van der Waals surface area contributed by atoms with Crippen molar-refractivity contribution in [3.8, 4) is 11.5 Å². The maximum Gasteiger partial charge on any atom is 0.257 e. The number of methoxy groups -OCH3 is 2. The normalized spacial score (nSPS) is 22.2. The number of nitrogens with zero attached hydrogens (tertiary/aromatic N) is 2. The molecule has 3 rings (SSSR count). The van der Waals surface area contributed by atoms with Crippen LogP contribution < -0.4 is 9.47 Å². The van der Waals surface area contributed by atoms with E-state index in [1.54, 1.807) is 20.3 Å². The Morgan fingerprint density at radius 3 is 2.50 bits per heavy atom. The quantitative estimate of drug-likeness (QED) is 0.850. The second kappa shape index (κ2) is 7.88. The maximum absolute atomic E-state index is 13.1. The van der Waals surface area contributed by atoms with Gasteiger partial charge in [-0.3, -0.25) is 9.69 Å². The molecule has 132 valence electrons. The van der Waals surface area contributed by atoms with Crippen molar-refractivity contribution < 1.29 is 14.3 Å². The minimum absolute atomic E-state index is 0.0526. The van der Waals surface area contributed by atoms with Crippen molar-refractivity contribution in [3.63, 3.8) is 0 Å². The van der Waals surface area contributed by atoms with Gasteiger partial charge < -0.3 is 14.4 Å². The molecule has 0 N–H and O–H groups in total. The van der Waals surface area contributed by atoms with Gasteiger partial charge in [0.2, 0.25) is 0 Å². The largest absolute Gasteiger partial charge is 0.497 e. The molecule has 2 fully saturated rings. The van der Waals surface area contributed by atoms with Crippen molar-refractivity contribution in [1.29, 1.82) is 0 Å². The number of hydrogen-bond donors (Lipinski definition) is 0. The second-order valence-electron chi connectivity index (χ2n) is 6.71. The van der Waals surface area contributed by atoms with Crippen molar-refractivity contribution >= 4 is 5.91 Å². The molecular weight excluding hydrogens is 304 g/mol. The molecule has 0 bridgehead atoms. The van der Waals surface area contributed by atoms with Crippen LogP contribution >= 0.6 is 0 Å². The molecule has 2 aliphatic rings. The zero-order valence-corrected chi connectivity index (χ0v) is 14.8. The molecule has 0 unspecified atom stereocenters. The average Bonchev–Trinajstić information content (AvgIpc) is 3.05. The van der Waals surface area contributed by atoms with E-state index in [4.69, 9.17) is 9.47 Å². The molecule has 0 aromatic heterocycles. The molecule has 2 aliphatic heterocycles. The predicted octanol–water partition coefficient (Wildman–Crippen LogP) is 2.79. The summed E-state index contributed by atoms with van der Waals surface area (Å²) in [6, 6.07) is 5.92. The summed E-state index contributed by atoms with van der Waals surface area (Å²) in [5.41, 5.74) is 0.596. The minimum Gasteiger partial charge on any atom is -0.497 e. The lowest BCUT2D eigenvalue weighted by atomic mass is 10.1. The third kappa shape index (κ3) is 3.66. The van der Waals surface area contributed by atoms with Crippen LogP contribution in [0.15, 0.2) is 18.2 Å². The number of carbonyl (C=O) groups excluding carboxylic acids is 1. The van der Waals surface area contributed by atoms with Crippen molar-refractivity contribution in [2.24, 2.45) is 0 Å². The molecule has 1 amide bonds. The third-order valence-electron chi connectivity index (χ3n) is 5.23. The van der Waals surface area contributed by atoms with E-state index in [0.29, 0.717) is 23.1 Å². The van der Waals surface area contributed by atoms with E-state index in [2.05, 4.69) is 4.90 Å².